The molecule has 0 saturated carbocycles. The summed E-state index contributed by atoms with van der Waals surface area (Å²) < 4.78 is 13.7. The van der Waals surface area contributed by atoms with Crippen molar-refractivity contribution in [3.8, 4) is 0 Å². The highest BCUT2D eigenvalue weighted by Crippen LogP contribution is 2.20. The Bertz CT molecular complexity index is 556. The second-order valence-electron chi connectivity index (χ2n) is 5.52. The fourth-order valence-corrected chi connectivity index (χ4v) is 2.71. The minimum Gasteiger partial charge on any atom is -0.334 e. The highest BCUT2D eigenvalue weighted by molar-refractivity contribution is 5.97. The molecular formula is C16H22FN3O2. The number of anilines is 1. The van der Waals surface area contributed by atoms with Gasteiger partial charge in [-0.25, -0.2) is 4.39 Å². The SMILES string of the molecule is CCCN(C(=O)c1ccc(F)c(NC(C)=O)c1)C1CCNC1. The van der Waals surface area contributed by atoms with Gasteiger partial charge in [-0.15, -0.1) is 0 Å². The number of carbonyl (C=O) groups is 2. The van der Waals surface area contributed by atoms with E-state index in [1.807, 2.05) is 11.8 Å². The zero-order chi connectivity index (χ0) is 16.1. The van der Waals surface area contributed by atoms with E-state index >= 15 is 0 Å². The van der Waals surface area contributed by atoms with Gasteiger partial charge in [0, 0.05) is 31.6 Å². The molecule has 120 valence electrons. The van der Waals surface area contributed by atoms with Crippen LogP contribution in [0.15, 0.2) is 18.2 Å². The summed E-state index contributed by atoms with van der Waals surface area (Å²) in [6, 6.07) is 4.26. The first kappa shape index (κ1) is 16.4. The van der Waals surface area contributed by atoms with E-state index in [4.69, 9.17) is 0 Å². The highest BCUT2D eigenvalue weighted by atomic mass is 19.1. The van der Waals surface area contributed by atoms with Crippen LogP contribution in [0.4, 0.5) is 10.1 Å². The largest absolute Gasteiger partial charge is 0.334 e. The summed E-state index contributed by atoms with van der Waals surface area (Å²) in [6.45, 7) is 5.68. The lowest BCUT2D eigenvalue weighted by atomic mass is 10.1. The molecule has 0 spiro atoms. The smallest absolute Gasteiger partial charge is 0.254 e. The average Bonchev–Trinajstić information content (AvgIpc) is 3.00. The van der Waals surface area contributed by atoms with Gasteiger partial charge in [-0.2, -0.15) is 0 Å². The molecule has 1 aliphatic rings. The van der Waals surface area contributed by atoms with Crippen LogP contribution in [-0.2, 0) is 4.79 Å². The van der Waals surface area contributed by atoms with Crippen LogP contribution in [0.25, 0.3) is 0 Å². The monoisotopic (exact) mass is 307 g/mol. The van der Waals surface area contributed by atoms with E-state index < -0.39 is 5.82 Å². The van der Waals surface area contributed by atoms with E-state index in [0.717, 1.165) is 25.9 Å². The summed E-state index contributed by atoms with van der Waals surface area (Å²) in [5, 5.41) is 5.67. The van der Waals surface area contributed by atoms with Crippen LogP contribution in [0.5, 0.6) is 0 Å². The quantitative estimate of drug-likeness (QED) is 0.874. The Morgan fingerprint density at radius 3 is 2.82 bits per heavy atom. The lowest BCUT2D eigenvalue weighted by Crippen LogP contribution is -2.42. The van der Waals surface area contributed by atoms with Crippen molar-refractivity contribution in [1.29, 1.82) is 0 Å². The van der Waals surface area contributed by atoms with Crippen LogP contribution >= 0.6 is 0 Å². The molecule has 1 heterocycles. The first-order chi connectivity index (χ1) is 10.5. The maximum atomic E-state index is 13.7. The maximum Gasteiger partial charge on any atom is 0.254 e. The molecule has 5 nitrogen and oxygen atoms in total. The number of halogens is 1. The van der Waals surface area contributed by atoms with Crippen molar-refractivity contribution in [3.63, 3.8) is 0 Å². The van der Waals surface area contributed by atoms with Crippen LogP contribution < -0.4 is 10.6 Å². The van der Waals surface area contributed by atoms with Crippen molar-refractivity contribution in [2.24, 2.45) is 0 Å². The summed E-state index contributed by atoms with van der Waals surface area (Å²) in [4.78, 5) is 25.7. The molecule has 6 heteroatoms. The normalized spacial score (nSPS) is 17.3. The molecule has 2 N–H and O–H groups in total. The van der Waals surface area contributed by atoms with Gasteiger partial charge in [-0.05, 0) is 37.6 Å². The first-order valence-electron chi connectivity index (χ1n) is 7.61. The van der Waals surface area contributed by atoms with Crippen LogP contribution in [0.2, 0.25) is 0 Å². The van der Waals surface area contributed by atoms with Gasteiger partial charge in [0.1, 0.15) is 5.82 Å². The van der Waals surface area contributed by atoms with Crippen molar-refractivity contribution >= 4 is 17.5 Å². The van der Waals surface area contributed by atoms with Crippen molar-refractivity contribution in [1.82, 2.24) is 10.2 Å². The van der Waals surface area contributed by atoms with Crippen molar-refractivity contribution in [2.45, 2.75) is 32.7 Å². The van der Waals surface area contributed by atoms with Crippen molar-refractivity contribution in [3.05, 3.63) is 29.6 Å². The van der Waals surface area contributed by atoms with Crippen LogP contribution in [0.1, 0.15) is 37.0 Å². The summed E-state index contributed by atoms with van der Waals surface area (Å²) in [5.74, 6) is -1.03. The number of hydrogen-bond donors (Lipinski definition) is 2. The fourth-order valence-electron chi connectivity index (χ4n) is 2.71. The molecule has 1 aliphatic heterocycles. The third-order valence-corrected chi connectivity index (χ3v) is 3.72. The third kappa shape index (κ3) is 3.82. The lowest BCUT2D eigenvalue weighted by molar-refractivity contribution is -0.114. The molecule has 0 aromatic heterocycles. The molecule has 0 aliphatic carbocycles. The number of benzene rings is 1. The minimum atomic E-state index is -0.545. The Kier molecular flexibility index (Phi) is 5.49. The average molecular weight is 307 g/mol. The predicted molar refractivity (Wildman–Crippen MR) is 83.3 cm³/mol. The molecule has 1 aromatic rings. The summed E-state index contributed by atoms with van der Waals surface area (Å²) >= 11 is 0. The van der Waals surface area contributed by atoms with Crippen molar-refractivity contribution < 1.29 is 14.0 Å². The van der Waals surface area contributed by atoms with Gasteiger partial charge in [0.15, 0.2) is 0 Å². The summed E-state index contributed by atoms with van der Waals surface area (Å²) in [6.07, 6.45) is 1.79. The molecule has 1 aromatic carbocycles. The van der Waals surface area contributed by atoms with Gasteiger partial charge >= 0.3 is 0 Å². The van der Waals surface area contributed by atoms with Gasteiger partial charge in [0.25, 0.3) is 5.91 Å². The molecule has 22 heavy (non-hydrogen) atoms. The second kappa shape index (κ2) is 7.35. The zero-order valence-corrected chi connectivity index (χ0v) is 13.0. The van der Waals surface area contributed by atoms with E-state index in [-0.39, 0.29) is 23.5 Å². The molecule has 0 bridgehead atoms. The van der Waals surface area contributed by atoms with Crippen LogP contribution in [0.3, 0.4) is 0 Å². The highest BCUT2D eigenvalue weighted by Gasteiger charge is 2.27. The molecule has 2 rings (SSSR count). The van der Waals surface area contributed by atoms with Gasteiger partial charge in [0.05, 0.1) is 5.69 Å². The number of nitrogens with zero attached hydrogens (tertiary/aromatic N) is 1. The molecule has 1 fully saturated rings. The van der Waals surface area contributed by atoms with Gasteiger partial charge < -0.3 is 15.5 Å². The Morgan fingerprint density at radius 1 is 1.45 bits per heavy atom. The van der Waals surface area contributed by atoms with E-state index in [1.54, 1.807) is 0 Å². The number of carbonyl (C=O) groups excluding carboxylic acids is 2. The molecule has 1 saturated heterocycles. The second-order valence-corrected chi connectivity index (χ2v) is 5.52. The predicted octanol–water partition coefficient (Wildman–Crippen LogP) is 2.00. The number of nitrogens with one attached hydrogen (secondary N) is 2. The summed E-state index contributed by atoms with van der Waals surface area (Å²) in [5.41, 5.74) is 0.435. The minimum absolute atomic E-state index is 0.0411. The number of hydrogen-bond acceptors (Lipinski definition) is 3. The summed E-state index contributed by atoms with van der Waals surface area (Å²) in [7, 11) is 0. The van der Waals surface area contributed by atoms with Gasteiger partial charge in [0.2, 0.25) is 5.91 Å². The standard InChI is InChI=1S/C16H22FN3O2/c1-3-8-20(13-6-7-18-10-13)16(22)12-4-5-14(17)15(9-12)19-11(2)21/h4-5,9,13,18H,3,6-8,10H2,1-2H3,(H,19,21). The molecular weight excluding hydrogens is 285 g/mol. The van der Waals surface area contributed by atoms with E-state index in [0.29, 0.717) is 12.1 Å². The van der Waals surface area contributed by atoms with Crippen molar-refractivity contribution in [2.75, 3.05) is 25.0 Å². The number of amides is 2. The third-order valence-electron chi connectivity index (χ3n) is 3.72. The fraction of sp³-hybridized carbons (Fsp3) is 0.500. The maximum absolute atomic E-state index is 13.7. The Balaban J connectivity index is 2.23. The Labute approximate surface area is 129 Å². The molecule has 1 atom stereocenters. The zero-order valence-electron chi connectivity index (χ0n) is 13.0. The molecule has 0 radical (unpaired) electrons. The molecule has 2 amide bonds. The first-order valence-corrected chi connectivity index (χ1v) is 7.61. The van der Waals surface area contributed by atoms with E-state index in [1.165, 1.54) is 25.1 Å². The lowest BCUT2D eigenvalue weighted by Gasteiger charge is -2.28. The van der Waals surface area contributed by atoms with E-state index in [2.05, 4.69) is 10.6 Å². The number of rotatable bonds is 5. The van der Waals surface area contributed by atoms with E-state index in [9.17, 15) is 14.0 Å². The Morgan fingerprint density at radius 2 is 2.23 bits per heavy atom. The van der Waals surface area contributed by atoms with Gasteiger partial charge in [-0.1, -0.05) is 6.92 Å². The molecule has 1 unspecified atom stereocenters. The van der Waals surface area contributed by atoms with Crippen LogP contribution in [0, 0.1) is 5.82 Å². The Hall–Kier alpha value is -1.95. The van der Waals surface area contributed by atoms with Crippen LogP contribution in [-0.4, -0.2) is 42.4 Å². The van der Waals surface area contributed by atoms with Gasteiger partial charge in [-0.3, -0.25) is 9.59 Å². The topological polar surface area (TPSA) is 61.4 Å².